The van der Waals surface area contributed by atoms with E-state index in [1.807, 2.05) is 13.8 Å². The summed E-state index contributed by atoms with van der Waals surface area (Å²) in [5.41, 5.74) is 2.74. The Kier molecular flexibility index (Phi) is 3.82. The van der Waals surface area contributed by atoms with Gasteiger partial charge in [0, 0.05) is 12.8 Å². The third-order valence-electron chi connectivity index (χ3n) is 3.17. The standard InChI is InChI=1S/C15H20O2/c1-11(2)9-15(16)17-14-8-7-12-5-3-4-6-13(12)10-14/h3-6,11,14H,7-10H2,1-2H3. The van der Waals surface area contributed by atoms with E-state index in [9.17, 15) is 4.79 Å². The molecule has 0 amide bonds. The SMILES string of the molecule is CC(C)CC(=O)OC1CCc2ccccc2C1. The van der Waals surface area contributed by atoms with Crippen molar-refractivity contribution in [3.05, 3.63) is 35.4 Å². The van der Waals surface area contributed by atoms with E-state index in [-0.39, 0.29) is 12.1 Å². The number of ether oxygens (including phenoxy) is 1. The van der Waals surface area contributed by atoms with Crippen LogP contribution in [0.3, 0.4) is 0 Å². The number of carbonyl (C=O) groups excluding carboxylic acids is 1. The molecule has 0 N–H and O–H groups in total. The zero-order valence-electron chi connectivity index (χ0n) is 10.6. The van der Waals surface area contributed by atoms with Crippen molar-refractivity contribution < 1.29 is 9.53 Å². The number of esters is 1. The molecule has 1 unspecified atom stereocenters. The third-order valence-corrected chi connectivity index (χ3v) is 3.17. The molecule has 0 radical (unpaired) electrons. The number of carbonyl (C=O) groups is 1. The fourth-order valence-electron chi connectivity index (χ4n) is 2.33. The average Bonchev–Trinajstić information content (AvgIpc) is 2.27. The van der Waals surface area contributed by atoms with E-state index in [2.05, 4.69) is 24.3 Å². The van der Waals surface area contributed by atoms with Crippen LogP contribution >= 0.6 is 0 Å². The van der Waals surface area contributed by atoms with Crippen LogP contribution in [0.25, 0.3) is 0 Å². The Morgan fingerprint density at radius 1 is 1.35 bits per heavy atom. The number of hydrogen-bond donors (Lipinski definition) is 0. The van der Waals surface area contributed by atoms with Crippen molar-refractivity contribution in [3.63, 3.8) is 0 Å². The predicted octanol–water partition coefficient (Wildman–Crippen LogP) is 3.13. The second kappa shape index (κ2) is 5.35. The fraction of sp³-hybridized carbons (Fsp3) is 0.533. The smallest absolute Gasteiger partial charge is 0.306 e. The van der Waals surface area contributed by atoms with Crippen molar-refractivity contribution in [1.29, 1.82) is 0 Å². The molecule has 1 aliphatic rings. The first-order valence-corrected chi connectivity index (χ1v) is 6.41. The maximum absolute atomic E-state index is 11.6. The lowest BCUT2D eigenvalue weighted by Gasteiger charge is -2.24. The van der Waals surface area contributed by atoms with Crippen LogP contribution in [-0.2, 0) is 22.4 Å². The molecule has 1 aliphatic carbocycles. The van der Waals surface area contributed by atoms with E-state index in [0.717, 1.165) is 19.3 Å². The second-order valence-corrected chi connectivity index (χ2v) is 5.22. The first-order valence-electron chi connectivity index (χ1n) is 6.41. The molecule has 92 valence electrons. The van der Waals surface area contributed by atoms with E-state index in [1.165, 1.54) is 11.1 Å². The Morgan fingerprint density at radius 2 is 2.06 bits per heavy atom. The summed E-state index contributed by atoms with van der Waals surface area (Å²) in [5.74, 6) is 0.322. The number of fused-ring (bicyclic) bond motifs is 1. The first-order chi connectivity index (χ1) is 8.15. The van der Waals surface area contributed by atoms with E-state index < -0.39 is 0 Å². The van der Waals surface area contributed by atoms with Gasteiger partial charge in [0.1, 0.15) is 6.10 Å². The third kappa shape index (κ3) is 3.32. The highest BCUT2D eigenvalue weighted by molar-refractivity contribution is 5.69. The Hall–Kier alpha value is -1.31. The van der Waals surface area contributed by atoms with Gasteiger partial charge in [-0.15, -0.1) is 0 Å². The maximum atomic E-state index is 11.6. The molecule has 0 heterocycles. The molecule has 1 aromatic rings. The Balaban J connectivity index is 1.92. The van der Waals surface area contributed by atoms with Crippen LogP contribution in [0.2, 0.25) is 0 Å². The van der Waals surface area contributed by atoms with Crippen LogP contribution in [0.5, 0.6) is 0 Å². The molecule has 1 aromatic carbocycles. The second-order valence-electron chi connectivity index (χ2n) is 5.22. The summed E-state index contributed by atoms with van der Waals surface area (Å²) in [6.45, 7) is 4.08. The van der Waals surface area contributed by atoms with Gasteiger partial charge in [-0.3, -0.25) is 4.79 Å². The lowest BCUT2D eigenvalue weighted by molar-refractivity contribution is -0.150. The molecule has 0 aromatic heterocycles. The normalized spacial score (nSPS) is 18.9. The Bertz CT molecular complexity index is 396. The van der Waals surface area contributed by atoms with Gasteiger partial charge in [0.15, 0.2) is 0 Å². The summed E-state index contributed by atoms with van der Waals surface area (Å²) in [6, 6.07) is 8.43. The monoisotopic (exact) mass is 232 g/mol. The largest absolute Gasteiger partial charge is 0.462 e. The van der Waals surface area contributed by atoms with Gasteiger partial charge in [-0.05, 0) is 29.9 Å². The van der Waals surface area contributed by atoms with Crippen molar-refractivity contribution in [1.82, 2.24) is 0 Å². The number of benzene rings is 1. The summed E-state index contributed by atoms with van der Waals surface area (Å²) in [4.78, 5) is 11.6. The van der Waals surface area contributed by atoms with E-state index in [4.69, 9.17) is 4.74 Å². The molecule has 2 nitrogen and oxygen atoms in total. The molecule has 2 heteroatoms. The van der Waals surface area contributed by atoms with Crippen molar-refractivity contribution in [2.75, 3.05) is 0 Å². The van der Waals surface area contributed by atoms with E-state index in [1.54, 1.807) is 0 Å². The lowest BCUT2D eigenvalue weighted by atomic mass is 9.90. The van der Waals surface area contributed by atoms with Crippen LogP contribution in [0.15, 0.2) is 24.3 Å². The maximum Gasteiger partial charge on any atom is 0.306 e. The molecule has 2 rings (SSSR count). The summed E-state index contributed by atoms with van der Waals surface area (Å²) in [5, 5.41) is 0. The van der Waals surface area contributed by atoms with Gasteiger partial charge in [-0.25, -0.2) is 0 Å². The number of hydrogen-bond acceptors (Lipinski definition) is 2. The fourth-order valence-corrected chi connectivity index (χ4v) is 2.33. The molecule has 0 saturated heterocycles. The molecule has 0 fully saturated rings. The van der Waals surface area contributed by atoms with Gasteiger partial charge in [0.2, 0.25) is 0 Å². The minimum Gasteiger partial charge on any atom is -0.462 e. The summed E-state index contributed by atoms with van der Waals surface area (Å²) in [6.07, 6.45) is 3.46. The Morgan fingerprint density at radius 3 is 2.76 bits per heavy atom. The van der Waals surface area contributed by atoms with Crippen LogP contribution in [0.1, 0.15) is 37.8 Å². The minimum absolute atomic E-state index is 0.0515. The first kappa shape index (κ1) is 12.2. The van der Waals surface area contributed by atoms with Crippen LogP contribution in [0, 0.1) is 5.92 Å². The molecular formula is C15H20O2. The van der Waals surface area contributed by atoms with Crippen molar-refractivity contribution in [2.24, 2.45) is 5.92 Å². The molecule has 0 saturated carbocycles. The molecule has 0 aliphatic heterocycles. The van der Waals surface area contributed by atoms with Gasteiger partial charge < -0.3 is 4.74 Å². The van der Waals surface area contributed by atoms with Crippen LogP contribution < -0.4 is 0 Å². The molecule has 1 atom stereocenters. The quantitative estimate of drug-likeness (QED) is 0.748. The van der Waals surface area contributed by atoms with E-state index in [0.29, 0.717) is 12.3 Å². The Labute approximate surface area is 103 Å². The summed E-state index contributed by atoms with van der Waals surface area (Å²) < 4.78 is 5.52. The van der Waals surface area contributed by atoms with Gasteiger partial charge >= 0.3 is 5.97 Å². The zero-order valence-corrected chi connectivity index (χ0v) is 10.6. The highest BCUT2D eigenvalue weighted by Crippen LogP contribution is 2.23. The van der Waals surface area contributed by atoms with Crippen molar-refractivity contribution >= 4 is 5.97 Å². The molecule has 0 spiro atoms. The van der Waals surface area contributed by atoms with Gasteiger partial charge in [0.05, 0.1) is 0 Å². The predicted molar refractivity (Wildman–Crippen MR) is 67.8 cm³/mol. The van der Waals surface area contributed by atoms with Crippen molar-refractivity contribution in [2.45, 2.75) is 45.6 Å². The zero-order chi connectivity index (χ0) is 12.3. The molecule has 0 bridgehead atoms. The van der Waals surface area contributed by atoms with Crippen LogP contribution in [-0.4, -0.2) is 12.1 Å². The molecule has 17 heavy (non-hydrogen) atoms. The van der Waals surface area contributed by atoms with E-state index >= 15 is 0 Å². The highest BCUT2D eigenvalue weighted by atomic mass is 16.5. The van der Waals surface area contributed by atoms with Gasteiger partial charge in [0.25, 0.3) is 0 Å². The number of rotatable bonds is 3. The van der Waals surface area contributed by atoms with Gasteiger partial charge in [-0.1, -0.05) is 38.1 Å². The average molecular weight is 232 g/mol. The number of aryl methyl sites for hydroxylation is 1. The lowest BCUT2D eigenvalue weighted by Crippen LogP contribution is -2.26. The topological polar surface area (TPSA) is 26.3 Å². The summed E-state index contributed by atoms with van der Waals surface area (Å²) in [7, 11) is 0. The molecular weight excluding hydrogens is 212 g/mol. The van der Waals surface area contributed by atoms with Crippen molar-refractivity contribution in [3.8, 4) is 0 Å². The highest BCUT2D eigenvalue weighted by Gasteiger charge is 2.21. The van der Waals surface area contributed by atoms with Crippen LogP contribution in [0.4, 0.5) is 0 Å². The minimum atomic E-state index is -0.0515. The van der Waals surface area contributed by atoms with Gasteiger partial charge in [-0.2, -0.15) is 0 Å². The summed E-state index contributed by atoms with van der Waals surface area (Å²) >= 11 is 0.